The molecule has 0 aliphatic heterocycles. The van der Waals surface area contributed by atoms with Gasteiger partial charge >= 0.3 is 0 Å². The lowest BCUT2D eigenvalue weighted by molar-refractivity contribution is 0.242. The number of hydrogen-bond donors (Lipinski definition) is 0. The first-order valence-electron chi connectivity index (χ1n) is 6.29. The molecule has 0 aliphatic rings. The van der Waals surface area contributed by atoms with Gasteiger partial charge in [0.1, 0.15) is 5.75 Å². The Morgan fingerprint density at radius 2 is 1.84 bits per heavy atom. The first-order chi connectivity index (χ1) is 8.82. The first kappa shape index (κ1) is 16.3. The van der Waals surface area contributed by atoms with E-state index in [1.807, 2.05) is 13.8 Å². The second kappa shape index (κ2) is 6.59. The Kier molecular flexibility index (Phi) is 5.64. The molecule has 0 heterocycles. The van der Waals surface area contributed by atoms with Crippen molar-refractivity contribution in [3.05, 3.63) is 23.2 Å². The van der Waals surface area contributed by atoms with Crippen LogP contribution in [0.3, 0.4) is 0 Å². The smallest absolute Gasteiger partial charge is 0.243 e. The van der Waals surface area contributed by atoms with Crippen LogP contribution in [-0.4, -0.2) is 31.9 Å². The predicted octanol–water partition coefficient (Wildman–Crippen LogP) is 3.16. The molecule has 6 heteroatoms. The third-order valence-electron chi connectivity index (χ3n) is 2.61. The van der Waals surface area contributed by atoms with Crippen molar-refractivity contribution in [3.8, 4) is 5.75 Å². The molecule has 1 aromatic carbocycles. The van der Waals surface area contributed by atoms with Gasteiger partial charge in [-0.2, -0.15) is 4.31 Å². The average Bonchev–Trinajstić information content (AvgIpc) is 2.32. The van der Waals surface area contributed by atoms with E-state index in [1.165, 1.54) is 16.4 Å². The molecule has 0 atom stereocenters. The lowest BCUT2D eigenvalue weighted by Crippen LogP contribution is -2.30. The number of hydrogen-bond acceptors (Lipinski definition) is 3. The Bertz CT molecular complexity index is 525. The average molecular weight is 306 g/mol. The summed E-state index contributed by atoms with van der Waals surface area (Å²) in [5.74, 6) is 0.496. The molecule has 1 rings (SSSR count). The Morgan fingerprint density at radius 1 is 1.26 bits per heavy atom. The zero-order valence-corrected chi connectivity index (χ0v) is 13.3. The Hall–Kier alpha value is -0.780. The molecule has 1 aromatic rings. The summed E-state index contributed by atoms with van der Waals surface area (Å²) >= 11 is 6.06. The van der Waals surface area contributed by atoms with Crippen LogP contribution in [0, 0.1) is 0 Å². The molecule has 0 fully saturated rings. The molecule has 108 valence electrons. The lowest BCUT2D eigenvalue weighted by Gasteiger charge is -2.19. The fourth-order valence-corrected chi connectivity index (χ4v) is 3.48. The van der Waals surface area contributed by atoms with Gasteiger partial charge in [-0.1, -0.05) is 25.4 Å². The van der Waals surface area contributed by atoms with E-state index in [2.05, 4.69) is 0 Å². The fourth-order valence-electron chi connectivity index (χ4n) is 1.70. The van der Waals surface area contributed by atoms with Gasteiger partial charge in [0.25, 0.3) is 0 Å². The largest absolute Gasteiger partial charge is 0.489 e. The molecule has 19 heavy (non-hydrogen) atoms. The molecule has 0 N–H and O–H groups in total. The van der Waals surface area contributed by atoms with Crippen molar-refractivity contribution in [2.75, 3.05) is 13.1 Å². The summed E-state index contributed by atoms with van der Waals surface area (Å²) in [6.07, 6.45) is -0.0114. The Morgan fingerprint density at radius 3 is 2.26 bits per heavy atom. The molecule has 0 unspecified atom stereocenters. The van der Waals surface area contributed by atoms with Crippen molar-refractivity contribution < 1.29 is 13.2 Å². The standard InChI is InChI=1S/C13H20ClNO3S/c1-5-15(6-2)19(16,17)11-7-8-13(12(14)9-11)18-10(3)4/h7-10H,5-6H2,1-4H3. The SMILES string of the molecule is CCN(CC)S(=O)(=O)c1ccc(OC(C)C)c(Cl)c1. The van der Waals surface area contributed by atoms with Crippen molar-refractivity contribution in [2.45, 2.75) is 38.7 Å². The first-order valence-corrected chi connectivity index (χ1v) is 8.11. The number of benzene rings is 1. The molecule has 0 bridgehead atoms. The zero-order chi connectivity index (χ0) is 14.6. The maximum Gasteiger partial charge on any atom is 0.243 e. The van der Waals surface area contributed by atoms with Gasteiger partial charge in [0.05, 0.1) is 16.0 Å². The normalized spacial score (nSPS) is 12.2. The van der Waals surface area contributed by atoms with Crippen LogP contribution in [0.4, 0.5) is 0 Å². The van der Waals surface area contributed by atoms with Crippen LogP contribution in [0.1, 0.15) is 27.7 Å². The molecule has 0 amide bonds. The van der Waals surface area contributed by atoms with Crippen molar-refractivity contribution in [1.29, 1.82) is 0 Å². The van der Waals surface area contributed by atoms with Gasteiger partial charge in [0.2, 0.25) is 10.0 Å². The van der Waals surface area contributed by atoms with Gasteiger partial charge in [-0.25, -0.2) is 8.42 Å². The van der Waals surface area contributed by atoms with E-state index in [-0.39, 0.29) is 11.0 Å². The fraction of sp³-hybridized carbons (Fsp3) is 0.538. The summed E-state index contributed by atoms with van der Waals surface area (Å²) in [6, 6.07) is 4.56. The lowest BCUT2D eigenvalue weighted by atomic mass is 10.3. The van der Waals surface area contributed by atoms with Gasteiger partial charge < -0.3 is 4.74 Å². The minimum atomic E-state index is -3.48. The monoisotopic (exact) mass is 305 g/mol. The van der Waals surface area contributed by atoms with Crippen LogP contribution in [0.25, 0.3) is 0 Å². The van der Waals surface area contributed by atoms with Gasteiger partial charge in [-0.05, 0) is 32.0 Å². The molecule has 0 aromatic heterocycles. The van der Waals surface area contributed by atoms with Crippen LogP contribution in [-0.2, 0) is 10.0 Å². The third kappa shape index (κ3) is 3.84. The third-order valence-corrected chi connectivity index (χ3v) is 4.95. The Balaban J connectivity index is 3.13. The van der Waals surface area contributed by atoms with Crippen LogP contribution >= 0.6 is 11.6 Å². The Labute approximate surface area is 120 Å². The van der Waals surface area contributed by atoms with E-state index >= 15 is 0 Å². The van der Waals surface area contributed by atoms with Gasteiger partial charge in [0.15, 0.2) is 0 Å². The van der Waals surface area contributed by atoms with Gasteiger partial charge in [0, 0.05) is 13.1 Å². The van der Waals surface area contributed by atoms with Crippen molar-refractivity contribution >= 4 is 21.6 Å². The number of nitrogens with zero attached hydrogens (tertiary/aromatic N) is 1. The van der Waals surface area contributed by atoms with Crippen LogP contribution in [0.2, 0.25) is 5.02 Å². The maximum atomic E-state index is 12.3. The summed E-state index contributed by atoms with van der Waals surface area (Å²) < 4.78 is 31.5. The summed E-state index contributed by atoms with van der Waals surface area (Å²) in [5, 5.41) is 0.307. The molecule has 0 aliphatic carbocycles. The second-order valence-electron chi connectivity index (χ2n) is 4.35. The zero-order valence-electron chi connectivity index (χ0n) is 11.7. The van der Waals surface area contributed by atoms with E-state index in [0.29, 0.717) is 23.9 Å². The minimum absolute atomic E-state index is 0.0114. The molecule has 0 saturated carbocycles. The highest BCUT2D eigenvalue weighted by atomic mass is 35.5. The maximum absolute atomic E-state index is 12.3. The number of sulfonamides is 1. The quantitative estimate of drug-likeness (QED) is 0.811. The van der Waals surface area contributed by atoms with Crippen molar-refractivity contribution in [3.63, 3.8) is 0 Å². The highest BCUT2D eigenvalue weighted by Crippen LogP contribution is 2.29. The van der Waals surface area contributed by atoms with Crippen LogP contribution in [0.5, 0.6) is 5.75 Å². The van der Waals surface area contributed by atoms with E-state index in [0.717, 1.165) is 0 Å². The van der Waals surface area contributed by atoms with Crippen molar-refractivity contribution in [1.82, 2.24) is 4.31 Å². The minimum Gasteiger partial charge on any atom is -0.489 e. The second-order valence-corrected chi connectivity index (χ2v) is 6.69. The summed E-state index contributed by atoms with van der Waals surface area (Å²) in [4.78, 5) is 0.192. The summed E-state index contributed by atoms with van der Waals surface area (Å²) in [6.45, 7) is 8.24. The highest BCUT2D eigenvalue weighted by Gasteiger charge is 2.22. The predicted molar refractivity (Wildman–Crippen MR) is 77.3 cm³/mol. The molecule has 0 spiro atoms. The van der Waals surface area contributed by atoms with Gasteiger partial charge in [-0.3, -0.25) is 0 Å². The number of halogens is 1. The molecule has 4 nitrogen and oxygen atoms in total. The number of rotatable bonds is 6. The summed E-state index contributed by atoms with van der Waals surface area (Å²) in [5.41, 5.74) is 0. The molecular weight excluding hydrogens is 286 g/mol. The molecule has 0 radical (unpaired) electrons. The van der Waals surface area contributed by atoms with E-state index in [1.54, 1.807) is 19.9 Å². The molecule has 0 saturated heterocycles. The summed E-state index contributed by atoms with van der Waals surface area (Å²) in [7, 11) is -3.48. The van der Waals surface area contributed by atoms with Crippen molar-refractivity contribution in [2.24, 2.45) is 0 Å². The van der Waals surface area contributed by atoms with Crippen LogP contribution in [0.15, 0.2) is 23.1 Å². The van der Waals surface area contributed by atoms with Crippen LogP contribution < -0.4 is 4.74 Å². The van der Waals surface area contributed by atoms with E-state index in [9.17, 15) is 8.42 Å². The topological polar surface area (TPSA) is 46.6 Å². The van der Waals surface area contributed by atoms with E-state index in [4.69, 9.17) is 16.3 Å². The highest BCUT2D eigenvalue weighted by molar-refractivity contribution is 7.89. The van der Waals surface area contributed by atoms with Gasteiger partial charge in [-0.15, -0.1) is 0 Å². The molecular formula is C13H20ClNO3S. The number of ether oxygens (including phenoxy) is 1. The van der Waals surface area contributed by atoms with E-state index < -0.39 is 10.0 Å².